The van der Waals surface area contributed by atoms with Gasteiger partial charge in [0.1, 0.15) is 14.8 Å². The average molecular weight is 411 g/mol. The third-order valence-corrected chi connectivity index (χ3v) is 7.59. The van der Waals surface area contributed by atoms with E-state index in [1.165, 1.54) is 11.3 Å². The molecule has 0 aromatic carbocycles. The predicted octanol–water partition coefficient (Wildman–Crippen LogP) is 2.77. The molecule has 0 spiro atoms. The molecule has 1 aliphatic heterocycles. The van der Waals surface area contributed by atoms with Crippen molar-refractivity contribution in [2.24, 2.45) is 7.05 Å². The Hall–Kier alpha value is -1.71. The molecule has 0 unspecified atom stereocenters. The molecule has 1 saturated heterocycles. The summed E-state index contributed by atoms with van der Waals surface area (Å²) in [5.41, 5.74) is 1.38. The molecule has 7 nitrogen and oxygen atoms in total. The van der Waals surface area contributed by atoms with Crippen LogP contribution in [0.3, 0.4) is 0 Å². The van der Waals surface area contributed by atoms with E-state index in [0.29, 0.717) is 27.7 Å². The molecule has 2 aromatic heterocycles. The van der Waals surface area contributed by atoms with Crippen LogP contribution in [-0.4, -0.2) is 47.9 Å². The molecule has 1 aliphatic rings. The third-order valence-electron chi connectivity index (χ3n) is 4.86. The first-order chi connectivity index (χ1) is 12.7. The lowest BCUT2D eigenvalue weighted by molar-refractivity contribution is 0.0796. The van der Waals surface area contributed by atoms with Gasteiger partial charge in [-0.25, -0.2) is 18.1 Å². The Kier molecular flexibility index (Phi) is 5.73. The highest BCUT2D eigenvalue weighted by Gasteiger charge is 2.26. The van der Waals surface area contributed by atoms with Crippen LogP contribution in [0.2, 0.25) is 0 Å². The monoisotopic (exact) mass is 410 g/mol. The zero-order chi connectivity index (χ0) is 19.8. The van der Waals surface area contributed by atoms with Gasteiger partial charge in [0.15, 0.2) is 0 Å². The van der Waals surface area contributed by atoms with Gasteiger partial charge in [0.25, 0.3) is 5.91 Å². The van der Waals surface area contributed by atoms with E-state index in [0.717, 1.165) is 25.9 Å². The molecule has 148 valence electrons. The molecule has 1 amide bonds. The van der Waals surface area contributed by atoms with Crippen molar-refractivity contribution in [3.05, 3.63) is 22.8 Å². The van der Waals surface area contributed by atoms with Gasteiger partial charge < -0.3 is 9.47 Å². The number of carbonyl (C=O) groups is 1. The van der Waals surface area contributed by atoms with Crippen molar-refractivity contribution in [1.29, 1.82) is 0 Å². The number of rotatable bonds is 6. The van der Waals surface area contributed by atoms with Gasteiger partial charge in [0.05, 0.1) is 11.4 Å². The normalized spacial score (nSPS) is 16.1. The molecule has 9 heteroatoms. The van der Waals surface area contributed by atoms with Crippen LogP contribution in [0, 0.1) is 6.92 Å². The standard InChI is InChI=1S/C18H26N4O3S2/c1-5-12(2)20-27(24,25)14-10-15(21(4)11-14)17-19-13(3)16(26-17)18(23)22-8-6-7-9-22/h10-12,20H,5-9H2,1-4H3/t12-/m1/s1. The fourth-order valence-electron chi connectivity index (χ4n) is 3.08. The van der Waals surface area contributed by atoms with E-state index in [1.807, 2.05) is 25.7 Å². The van der Waals surface area contributed by atoms with Crippen molar-refractivity contribution >= 4 is 27.3 Å². The zero-order valence-corrected chi connectivity index (χ0v) is 17.8. The minimum Gasteiger partial charge on any atom is -0.347 e. The molecular formula is C18H26N4O3S2. The maximum atomic E-state index is 12.7. The van der Waals surface area contributed by atoms with Gasteiger partial charge in [-0.05, 0) is 39.2 Å². The van der Waals surface area contributed by atoms with E-state index >= 15 is 0 Å². The molecule has 0 bridgehead atoms. The summed E-state index contributed by atoms with van der Waals surface area (Å²) >= 11 is 1.33. The van der Waals surface area contributed by atoms with Gasteiger partial charge in [0.2, 0.25) is 10.0 Å². The molecule has 0 aliphatic carbocycles. The molecule has 0 radical (unpaired) electrons. The first-order valence-corrected chi connectivity index (χ1v) is 11.5. The lowest BCUT2D eigenvalue weighted by Gasteiger charge is -2.13. The smallest absolute Gasteiger partial charge is 0.265 e. The number of thiazole rings is 1. The molecule has 3 heterocycles. The SMILES string of the molecule is CC[C@@H](C)NS(=O)(=O)c1cc(-c2nc(C)c(C(=O)N3CCCC3)s2)n(C)c1. The average Bonchev–Trinajstić information content (AvgIpc) is 3.33. The molecule has 2 aromatic rings. The van der Waals surface area contributed by atoms with Gasteiger partial charge in [-0.2, -0.15) is 0 Å². The highest BCUT2D eigenvalue weighted by Crippen LogP contribution is 2.31. The third kappa shape index (κ3) is 4.09. The second-order valence-electron chi connectivity index (χ2n) is 7.04. The van der Waals surface area contributed by atoms with E-state index in [4.69, 9.17) is 0 Å². The van der Waals surface area contributed by atoms with Gasteiger partial charge in [0, 0.05) is 32.4 Å². The molecule has 27 heavy (non-hydrogen) atoms. The first-order valence-electron chi connectivity index (χ1n) is 9.18. The van der Waals surface area contributed by atoms with E-state index < -0.39 is 10.0 Å². The van der Waals surface area contributed by atoms with Gasteiger partial charge in [-0.1, -0.05) is 6.92 Å². The van der Waals surface area contributed by atoms with Crippen LogP contribution in [0.5, 0.6) is 0 Å². The quantitative estimate of drug-likeness (QED) is 0.794. The molecule has 1 N–H and O–H groups in total. The Labute approximate surface area is 164 Å². The predicted molar refractivity (Wildman–Crippen MR) is 106 cm³/mol. The second-order valence-corrected chi connectivity index (χ2v) is 9.75. The number of hydrogen-bond acceptors (Lipinski definition) is 5. The van der Waals surface area contributed by atoms with Crippen molar-refractivity contribution in [2.45, 2.75) is 51.0 Å². The second kappa shape index (κ2) is 7.73. The molecule has 1 atom stereocenters. The summed E-state index contributed by atoms with van der Waals surface area (Å²) in [6.07, 6.45) is 4.38. The lowest BCUT2D eigenvalue weighted by Crippen LogP contribution is -2.31. The van der Waals surface area contributed by atoms with Gasteiger partial charge in [-0.3, -0.25) is 4.79 Å². The summed E-state index contributed by atoms with van der Waals surface area (Å²) in [4.78, 5) is 19.9. The molecule has 1 fully saturated rings. The van der Waals surface area contributed by atoms with Gasteiger partial charge in [-0.15, -0.1) is 11.3 Å². The van der Waals surface area contributed by atoms with Crippen LogP contribution in [0.4, 0.5) is 0 Å². The summed E-state index contributed by atoms with van der Waals surface area (Å²) < 4.78 is 29.5. The van der Waals surface area contributed by atoms with Crippen LogP contribution >= 0.6 is 11.3 Å². The number of aromatic nitrogens is 2. The molecular weight excluding hydrogens is 384 g/mol. The number of nitrogens with zero attached hydrogens (tertiary/aromatic N) is 3. The largest absolute Gasteiger partial charge is 0.347 e. The summed E-state index contributed by atoms with van der Waals surface area (Å²) in [7, 11) is -1.80. The number of likely N-dealkylation sites (tertiary alicyclic amines) is 1. The highest BCUT2D eigenvalue weighted by atomic mass is 32.2. The molecule has 3 rings (SSSR count). The van der Waals surface area contributed by atoms with Crippen molar-refractivity contribution in [3.8, 4) is 10.7 Å². The minimum atomic E-state index is -3.58. The van der Waals surface area contributed by atoms with Crippen LogP contribution in [0.15, 0.2) is 17.2 Å². The number of amides is 1. The first kappa shape index (κ1) is 20.0. The highest BCUT2D eigenvalue weighted by molar-refractivity contribution is 7.89. The Morgan fingerprint density at radius 3 is 2.67 bits per heavy atom. The summed E-state index contributed by atoms with van der Waals surface area (Å²) in [6.45, 7) is 7.18. The van der Waals surface area contributed by atoms with E-state index in [2.05, 4.69) is 9.71 Å². The maximum absolute atomic E-state index is 12.7. The van der Waals surface area contributed by atoms with E-state index in [-0.39, 0.29) is 16.8 Å². The van der Waals surface area contributed by atoms with Gasteiger partial charge >= 0.3 is 0 Å². The number of nitrogens with one attached hydrogen (secondary N) is 1. The Bertz CT molecular complexity index is 940. The van der Waals surface area contributed by atoms with Crippen molar-refractivity contribution in [1.82, 2.24) is 19.2 Å². The number of sulfonamides is 1. The van der Waals surface area contributed by atoms with Crippen LogP contribution in [0.1, 0.15) is 48.5 Å². The fraction of sp³-hybridized carbons (Fsp3) is 0.556. The van der Waals surface area contributed by atoms with Crippen molar-refractivity contribution in [3.63, 3.8) is 0 Å². The van der Waals surface area contributed by atoms with Crippen molar-refractivity contribution in [2.75, 3.05) is 13.1 Å². The summed E-state index contributed by atoms with van der Waals surface area (Å²) in [5, 5.41) is 0.655. The van der Waals surface area contributed by atoms with E-state index in [1.54, 1.807) is 23.9 Å². The number of carbonyl (C=O) groups excluding carboxylic acids is 1. The van der Waals surface area contributed by atoms with E-state index in [9.17, 15) is 13.2 Å². The summed E-state index contributed by atoms with van der Waals surface area (Å²) in [6, 6.07) is 1.48. The Morgan fingerprint density at radius 2 is 2.04 bits per heavy atom. The number of aryl methyl sites for hydroxylation is 2. The lowest BCUT2D eigenvalue weighted by atomic mass is 10.3. The topological polar surface area (TPSA) is 84.3 Å². The molecule has 0 saturated carbocycles. The minimum absolute atomic E-state index is 0.0224. The zero-order valence-electron chi connectivity index (χ0n) is 16.2. The maximum Gasteiger partial charge on any atom is 0.265 e. The van der Waals surface area contributed by atoms with Crippen LogP contribution in [0.25, 0.3) is 10.7 Å². The number of hydrogen-bond donors (Lipinski definition) is 1. The summed E-state index contributed by atoms with van der Waals surface area (Å²) in [5.74, 6) is 0.0224. The van der Waals surface area contributed by atoms with Crippen molar-refractivity contribution < 1.29 is 13.2 Å². The Balaban J connectivity index is 1.91. The van der Waals surface area contributed by atoms with Crippen LogP contribution in [-0.2, 0) is 17.1 Å². The fourth-order valence-corrected chi connectivity index (χ4v) is 5.57. The van der Waals surface area contributed by atoms with Crippen LogP contribution < -0.4 is 4.72 Å². The Morgan fingerprint density at radius 1 is 1.37 bits per heavy atom.